The molecule has 2 heterocycles. The third-order valence-corrected chi connectivity index (χ3v) is 2.98. The minimum Gasteiger partial charge on any atom is -0.303 e. The van der Waals surface area contributed by atoms with Gasteiger partial charge in [0.05, 0.1) is 5.69 Å². The summed E-state index contributed by atoms with van der Waals surface area (Å²) in [6, 6.07) is 1.97. The van der Waals surface area contributed by atoms with Crippen LogP contribution in [0.2, 0.25) is 0 Å². The third kappa shape index (κ3) is 2.38. The van der Waals surface area contributed by atoms with Gasteiger partial charge in [-0.15, -0.1) is 0 Å². The Labute approximate surface area is 100 Å². The summed E-state index contributed by atoms with van der Waals surface area (Å²) in [5, 5.41) is 4.44. The van der Waals surface area contributed by atoms with E-state index in [1.165, 1.54) is 0 Å². The second-order valence-electron chi connectivity index (χ2n) is 4.17. The fourth-order valence-electron chi connectivity index (χ4n) is 2.08. The van der Waals surface area contributed by atoms with E-state index in [-0.39, 0.29) is 12.3 Å². The topological polar surface area (TPSA) is 55.2 Å². The smallest absolute Gasteiger partial charge is 0.228 e. The molecule has 1 aliphatic heterocycles. The normalized spacial score (nSPS) is 14.5. The standard InChI is InChI=1S/C12H17N3O2/c1-2-10-9-11-14(12(17)5-3-8-16)6-4-7-15(11)13-10/h8-9H,2-7H2,1H3. The molecule has 1 aliphatic rings. The molecule has 92 valence electrons. The predicted molar refractivity (Wildman–Crippen MR) is 63.9 cm³/mol. The average Bonchev–Trinajstić information content (AvgIpc) is 2.78. The molecule has 0 atom stereocenters. The number of aryl methyl sites for hydroxylation is 2. The Morgan fingerprint density at radius 2 is 2.35 bits per heavy atom. The van der Waals surface area contributed by atoms with Crippen LogP contribution in [0.5, 0.6) is 0 Å². The van der Waals surface area contributed by atoms with Crippen molar-refractivity contribution in [3.63, 3.8) is 0 Å². The zero-order valence-corrected chi connectivity index (χ0v) is 10.1. The van der Waals surface area contributed by atoms with Crippen LogP contribution in [0.25, 0.3) is 0 Å². The molecule has 5 heteroatoms. The van der Waals surface area contributed by atoms with Crippen molar-refractivity contribution in [1.82, 2.24) is 9.78 Å². The van der Waals surface area contributed by atoms with E-state index in [0.717, 1.165) is 43.7 Å². The molecule has 0 spiro atoms. The highest BCUT2D eigenvalue weighted by molar-refractivity contribution is 5.93. The molecular formula is C12H17N3O2. The van der Waals surface area contributed by atoms with E-state index < -0.39 is 0 Å². The number of carbonyl (C=O) groups excluding carboxylic acids is 2. The largest absolute Gasteiger partial charge is 0.303 e. The first-order valence-electron chi connectivity index (χ1n) is 6.07. The van der Waals surface area contributed by atoms with Gasteiger partial charge < -0.3 is 4.79 Å². The van der Waals surface area contributed by atoms with Crippen LogP contribution in [0, 0.1) is 0 Å². The minimum atomic E-state index is 0.0144. The number of hydrogen-bond donors (Lipinski definition) is 0. The summed E-state index contributed by atoms with van der Waals surface area (Å²) in [7, 11) is 0. The Bertz CT molecular complexity index is 425. The molecule has 5 nitrogen and oxygen atoms in total. The summed E-state index contributed by atoms with van der Waals surface area (Å²) in [4.78, 5) is 24.0. The van der Waals surface area contributed by atoms with E-state index in [1.807, 2.05) is 17.7 Å². The van der Waals surface area contributed by atoms with Gasteiger partial charge in [-0.1, -0.05) is 6.92 Å². The molecule has 0 unspecified atom stereocenters. The predicted octanol–water partition coefficient (Wildman–Crippen LogP) is 1.16. The van der Waals surface area contributed by atoms with Crippen molar-refractivity contribution in [2.45, 2.75) is 39.2 Å². The Morgan fingerprint density at radius 3 is 3.06 bits per heavy atom. The Balaban J connectivity index is 2.18. The van der Waals surface area contributed by atoms with E-state index in [2.05, 4.69) is 5.10 Å². The molecule has 0 aromatic carbocycles. The molecule has 2 rings (SSSR count). The van der Waals surface area contributed by atoms with Crippen molar-refractivity contribution in [3.05, 3.63) is 11.8 Å². The van der Waals surface area contributed by atoms with E-state index in [4.69, 9.17) is 0 Å². The molecule has 1 aromatic rings. The summed E-state index contributed by atoms with van der Waals surface area (Å²) in [5.41, 5.74) is 1.01. The van der Waals surface area contributed by atoms with Gasteiger partial charge in [-0.3, -0.25) is 9.69 Å². The maximum absolute atomic E-state index is 11.9. The lowest BCUT2D eigenvalue weighted by atomic mass is 10.2. The van der Waals surface area contributed by atoms with Crippen LogP contribution >= 0.6 is 0 Å². The Hall–Kier alpha value is -1.65. The molecular weight excluding hydrogens is 218 g/mol. The summed E-state index contributed by atoms with van der Waals surface area (Å²) in [6.07, 6.45) is 3.16. The van der Waals surface area contributed by atoms with E-state index in [1.54, 1.807) is 4.90 Å². The zero-order chi connectivity index (χ0) is 12.3. The van der Waals surface area contributed by atoms with Gasteiger partial charge in [-0.2, -0.15) is 5.10 Å². The molecule has 0 aliphatic carbocycles. The van der Waals surface area contributed by atoms with E-state index in [9.17, 15) is 9.59 Å². The van der Waals surface area contributed by atoms with Crippen molar-refractivity contribution >= 4 is 18.0 Å². The zero-order valence-electron chi connectivity index (χ0n) is 10.1. The number of fused-ring (bicyclic) bond motifs is 1. The number of carbonyl (C=O) groups is 2. The number of aldehydes is 1. The van der Waals surface area contributed by atoms with E-state index >= 15 is 0 Å². The maximum Gasteiger partial charge on any atom is 0.228 e. The van der Waals surface area contributed by atoms with Gasteiger partial charge in [0.1, 0.15) is 12.1 Å². The van der Waals surface area contributed by atoms with Gasteiger partial charge in [0, 0.05) is 32.0 Å². The van der Waals surface area contributed by atoms with Gasteiger partial charge in [0.15, 0.2) is 0 Å². The number of anilines is 1. The summed E-state index contributed by atoms with van der Waals surface area (Å²) in [6.45, 7) is 3.65. The first-order chi connectivity index (χ1) is 8.26. The highest BCUT2D eigenvalue weighted by Crippen LogP contribution is 2.22. The molecule has 0 radical (unpaired) electrons. The van der Waals surface area contributed by atoms with Crippen molar-refractivity contribution in [2.24, 2.45) is 0 Å². The number of nitrogens with zero attached hydrogens (tertiary/aromatic N) is 3. The maximum atomic E-state index is 11.9. The van der Waals surface area contributed by atoms with Crippen molar-refractivity contribution in [3.8, 4) is 0 Å². The molecule has 0 saturated carbocycles. The summed E-state index contributed by atoms with van der Waals surface area (Å²) >= 11 is 0. The Morgan fingerprint density at radius 1 is 1.53 bits per heavy atom. The third-order valence-electron chi connectivity index (χ3n) is 2.98. The monoisotopic (exact) mass is 235 g/mol. The highest BCUT2D eigenvalue weighted by Gasteiger charge is 2.23. The van der Waals surface area contributed by atoms with Gasteiger partial charge >= 0.3 is 0 Å². The molecule has 17 heavy (non-hydrogen) atoms. The first kappa shape index (κ1) is 11.8. The molecule has 1 aromatic heterocycles. The van der Waals surface area contributed by atoms with Crippen LogP contribution in [0.1, 0.15) is 31.9 Å². The van der Waals surface area contributed by atoms with Crippen molar-refractivity contribution in [2.75, 3.05) is 11.4 Å². The molecule has 0 N–H and O–H groups in total. The van der Waals surface area contributed by atoms with Crippen LogP contribution in [-0.4, -0.2) is 28.5 Å². The number of amides is 1. The van der Waals surface area contributed by atoms with Crippen molar-refractivity contribution in [1.29, 1.82) is 0 Å². The summed E-state index contributed by atoms with van der Waals surface area (Å²) < 4.78 is 1.89. The van der Waals surface area contributed by atoms with Crippen LogP contribution in [0.4, 0.5) is 5.82 Å². The van der Waals surface area contributed by atoms with Crippen molar-refractivity contribution < 1.29 is 9.59 Å². The van der Waals surface area contributed by atoms with Crippen LogP contribution in [-0.2, 0) is 22.6 Å². The van der Waals surface area contributed by atoms with Gasteiger partial charge in [0.25, 0.3) is 0 Å². The van der Waals surface area contributed by atoms with E-state index in [0.29, 0.717) is 6.42 Å². The van der Waals surface area contributed by atoms with Gasteiger partial charge in [-0.05, 0) is 12.8 Å². The second kappa shape index (κ2) is 5.12. The van der Waals surface area contributed by atoms with Gasteiger partial charge in [0.2, 0.25) is 5.91 Å². The van der Waals surface area contributed by atoms with Crippen LogP contribution < -0.4 is 4.90 Å². The number of hydrogen-bond acceptors (Lipinski definition) is 3. The average molecular weight is 235 g/mol. The summed E-state index contributed by atoms with van der Waals surface area (Å²) in [5.74, 6) is 0.893. The minimum absolute atomic E-state index is 0.0144. The SMILES string of the molecule is CCc1cc2n(n1)CCCN2C(=O)CCC=O. The molecule has 0 fully saturated rings. The molecule has 1 amide bonds. The first-order valence-corrected chi connectivity index (χ1v) is 6.07. The fraction of sp³-hybridized carbons (Fsp3) is 0.583. The van der Waals surface area contributed by atoms with Crippen LogP contribution in [0.15, 0.2) is 6.07 Å². The quantitative estimate of drug-likeness (QED) is 0.736. The number of aromatic nitrogens is 2. The molecule has 0 saturated heterocycles. The Kier molecular flexibility index (Phi) is 3.56. The highest BCUT2D eigenvalue weighted by atomic mass is 16.2. The lowest BCUT2D eigenvalue weighted by molar-refractivity contribution is -0.120. The van der Waals surface area contributed by atoms with Crippen LogP contribution in [0.3, 0.4) is 0 Å². The fourth-order valence-corrected chi connectivity index (χ4v) is 2.08. The van der Waals surface area contributed by atoms with Gasteiger partial charge in [-0.25, -0.2) is 4.68 Å². The second-order valence-corrected chi connectivity index (χ2v) is 4.17. The lowest BCUT2D eigenvalue weighted by Crippen LogP contribution is -2.37. The lowest BCUT2D eigenvalue weighted by Gasteiger charge is -2.27. The molecule has 0 bridgehead atoms. The number of rotatable bonds is 4.